The fourth-order valence-corrected chi connectivity index (χ4v) is 3.03. The van der Waals surface area contributed by atoms with Crippen LogP contribution in [0.5, 0.6) is 0 Å². The summed E-state index contributed by atoms with van der Waals surface area (Å²) < 4.78 is 0. The van der Waals surface area contributed by atoms with Crippen LogP contribution < -0.4 is 16.0 Å². The maximum absolute atomic E-state index is 11.1. The van der Waals surface area contributed by atoms with Gasteiger partial charge in [-0.15, -0.1) is 0 Å². The van der Waals surface area contributed by atoms with E-state index < -0.39 is 0 Å². The van der Waals surface area contributed by atoms with Crippen molar-refractivity contribution in [2.45, 2.75) is 44.2 Å². The summed E-state index contributed by atoms with van der Waals surface area (Å²) in [5.41, 5.74) is 6.93. The molecular weight excluding hydrogens is 254 g/mol. The third-order valence-electron chi connectivity index (χ3n) is 4.19. The van der Waals surface area contributed by atoms with Gasteiger partial charge in [0.25, 0.3) is 0 Å². The highest BCUT2D eigenvalue weighted by molar-refractivity contribution is 5.73. The topological polar surface area (TPSA) is 84.1 Å². The number of aromatic nitrogens is 2. The van der Waals surface area contributed by atoms with Crippen molar-refractivity contribution in [3.8, 4) is 0 Å². The molecule has 108 valence electrons. The number of anilines is 1. The predicted octanol–water partition coefficient (Wildman–Crippen LogP) is 0.396. The highest BCUT2D eigenvalue weighted by Crippen LogP contribution is 2.35. The molecule has 1 saturated carbocycles. The lowest BCUT2D eigenvalue weighted by atomic mass is 9.78. The molecule has 0 bridgehead atoms. The first kappa shape index (κ1) is 13.3. The van der Waals surface area contributed by atoms with Gasteiger partial charge in [0, 0.05) is 49.8 Å². The van der Waals surface area contributed by atoms with Crippen LogP contribution in [0.3, 0.4) is 0 Å². The quantitative estimate of drug-likeness (QED) is 0.834. The Bertz CT molecular complexity index is 500. The number of carbonyl (C=O) groups excluding carboxylic acids is 1. The SMILES string of the molecule is CC(=O)N[C@H]1CCN(c2cc(C3CC(N)C3)ncn2)C1. The molecule has 1 amide bonds. The zero-order valence-corrected chi connectivity index (χ0v) is 11.7. The van der Waals surface area contributed by atoms with Crippen LogP contribution >= 0.6 is 0 Å². The highest BCUT2D eigenvalue weighted by atomic mass is 16.1. The number of nitrogens with zero attached hydrogens (tertiary/aromatic N) is 3. The Morgan fingerprint density at radius 2 is 2.25 bits per heavy atom. The first-order valence-electron chi connectivity index (χ1n) is 7.21. The number of carbonyl (C=O) groups is 1. The molecule has 1 atom stereocenters. The van der Waals surface area contributed by atoms with E-state index in [1.165, 1.54) is 0 Å². The number of nitrogens with two attached hydrogens (primary N) is 1. The molecule has 0 aromatic carbocycles. The van der Waals surface area contributed by atoms with E-state index in [0.29, 0.717) is 12.0 Å². The summed E-state index contributed by atoms with van der Waals surface area (Å²) >= 11 is 0. The summed E-state index contributed by atoms with van der Waals surface area (Å²) in [6.07, 6.45) is 4.64. The van der Waals surface area contributed by atoms with E-state index in [9.17, 15) is 4.79 Å². The summed E-state index contributed by atoms with van der Waals surface area (Å²) in [4.78, 5) is 22.0. The smallest absolute Gasteiger partial charge is 0.217 e. The molecule has 3 N–H and O–H groups in total. The average Bonchev–Trinajstić information content (AvgIpc) is 2.83. The molecule has 1 aliphatic heterocycles. The van der Waals surface area contributed by atoms with Gasteiger partial charge in [-0.3, -0.25) is 4.79 Å². The van der Waals surface area contributed by atoms with Gasteiger partial charge < -0.3 is 16.0 Å². The molecule has 1 aromatic rings. The summed E-state index contributed by atoms with van der Waals surface area (Å²) in [7, 11) is 0. The Labute approximate surface area is 118 Å². The molecule has 2 fully saturated rings. The monoisotopic (exact) mass is 275 g/mol. The Kier molecular flexibility index (Phi) is 3.56. The molecule has 2 aliphatic rings. The summed E-state index contributed by atoms with van der Waals surface area (Å²) in [5, 5.41) is 2.97. The molecule has 2 heterocycles. The van der Waals surface area contributed by atoms with Crippen molar-refractivity contribution in [1.29, 1.82) is 0 Å². The van der Waals surface area contributed by atoms with Gasteiger partial charge in [-0.05, 0) is 19.3 Å². The van der Waals surface area contributed by atoms with Gasteiger partial charge in [0.15, 0.2) is 0 Å². The zero-order valence-electron chi connectivity index (χ0n) is 11.7. The number of amides is 1. The molecule has 1 aliphatic carbocycles. The number of nitrogens with one attached hydrogen (secondary N) is 1. The Morgan fingerprint density at radius 3 is 2.95 bits per heavy atom. The first-order valence-corrected chi connectivity index (χ1v) is 7.21. The average molecular weight is 275 g/mol. The van der Waals surface area contributed by atoms with Gasteiger partial charge in [0.2, 0.25) is 5.91 Å². The van der Waals surface area contributed by atoms with Crippen LogP contribution in [0.2, 0.25) is 0 Å². The molecule has 20 heavy (non-hydrogen) atoms. The zero-order chi connectivity index (χ0) is 14.1. The first-order chi connectivity index (χ1) is 9.61. The maximum Gasteiger partial charge on any atom is 0.217 e. The van der Waals surface area contributed by atoms with Crippen LogP contribution in [0.15, 0.2) is 12.4 Å². The van der Waals surface area contributed by atoms with Crippen molar-refractivity contribution in [1.82, 2.24) is 15.3 Å². The molecule has 0 radical (unpaired) electrons. The molecule has 1 saturated heterocycles. The number of hydrogen-bond acceptors (Lipinski definition) is 5. The normalized spacial score (nSPS) is 29.1. The maximum atomic E-state index is 11.1. The van der Waals surface area contributed by atoms with Crippen molar-refractivity contribution >= 4 is 11.7 Å². The fraction of sp³-hybridized carbons (Fsp3) is 0.643. The van der Waals surface area contributed by atoms with Gasteiger partial charge in [-0.2, -0.15) is 0 Å². The van der Waals surface area contributed by atoms with E-state index >= 15 is 0 Å². The molecule has 1 aromatic heterocycles. The van der Waals surface area contributed by atoms with Crippen LogP contribution in [-0.4, -0.2) is 41.0 Å². The Balaban J connectivity index is 1.65. The molecule has 0 spiro atoms. The van der Waals surface area contributed by atoms with Crippen LogP contribution in [0.4, 0.5) is 5.82 Å². The van der Waals surface area contributed by atoms with Crippen molar-refractivity contribution < 1.29 is 4.79 Å². The van der Waals surface area contributed by atoms with Gasteiger partial charge >= 0.3 is 0 Å². The minimum Gasteiger partial charge on any atom is -0.354 e. The van der Waals surface area contributed by atoms with Gasteiger partial charge in [0.1, 0.15) is 12.1 Å². The van der Waals surface area contributed by atoms with Crippen LogP contribution in [0.1, 0.15) is 37.8 Å². The van der Waals surface area contributed by atoms with Crippen molar-refractivity contribution in [2.24, 2.45) is 5.73 Å². The van der Waals surface area contributed by atoms with E-state index in [-0.39, 0.29) is 11.9 Å². The lowest BCUT2D eigenvalue weighted by molar-refractivity contribution is -0.119. The second-order valence-corrected chi connectivity index (χ2v) is 5.86. The molecule has 0 unspecified atom stereocenters. The van der Waals surface area contributed by atoms with Gasteiger partial charge in [-0.25, -0.2) is 9.97 Å². The standard InChI is InChI=1S/C14H21N5O/c1-9(20)18-12-2-3-19(7-12)14-6-13(16-8-17-14)10-4-11(15)5-10/h6,8,10-12H,2-5,7,15H2,1H3,(H,18,20)/t10?,11?,12-/m0/s1. The van der Waals surface area contributed by atoms with Crippen molar-refractivity contribution in [2.75, 3.05) is 18.0 Å². The Hall–Kier alpha value is -1.69. The highest BCUT2D eigenvalue weighted by Gasteiger charge is 2.30. The second-order valence-electron chi connectivity index (χ2n) is 5.86. The Morgan fingerprint density at radius 1 is 1.45 bits per heavy atom. The molecule has 3 rings (SSSR count). The third-order valence-corrected chi connectivity index (χ3v) is 4.19. The van der Waals surface area contributed by atoms with Gasteiger partial charge in [-0.1, -0.05) is 0 Å². The minimum atomic E-state index is 0.0312. The predicted molar refractivity (Wildman–Crippen MR) is 76.4 cm³/mol. The summed E-state index contributed by atoms with van der Waals surface area (Å²) in [6.45, 7) is 3.30. The second kappa shape index (κ2) is 5.36. The lowest BCUT2D eigenvalue weighted by Gasteiger charge is -2.32. The number of rotatable bonds is 3. The third kappa shape index (κ3) is 2.75. The van der Waals surface area contributed by atoms with Gasteiger partial charge in [0.05, 0.1) is 0 Å². The van der Waals surface area contributed by atoms with Crippen LogP contribution in [-0.2, 0) is 4.79 Å². The molecule has 6 heteroatoms. The largest absolute Gasteiger partial charge is 0.354 e. The van der Waals surface area contributed by atoms with Crippen LogP contribution in [0, 0.1) is 0 Å². The van der Waals surface area contributed by atoms with E-state index in [0.717, 1.165) is 43.9 Å². The summed E-state index contributed by atoms with van der Waals surface area (Å²) in [5.74, 6) is 1.48. The lowest BCUT2D eigenvalue weighted by Crippen LogP contribution is -2.36. The minimum absolute atomic E-state index is 0.0312. The molecular formula is C14H21N5O. The number of hydrogen-bond donors (Lipinski definition) is 2. The van der Waals surface area contributed by atoms with E-state index in [1.807, 2.05) is 0 Å². The van der Waals surface area contributed by atoms with E-state index in [2.05, 4.69) is 26.3 Å². The van der Waals surface area contributed by atoms with Crippen molar-refractivity contribution in [3.63, 3.8) is 0 Å². The van der Waals surface area contributed by atoms with Crippen molar-refractivity contribution in [3.05, 3.63) is 18.1 Å². The fourth-order valence-electron chi connectivity index (χ4n) is 3.03. The molecule has 6 nitrogen and oxygen atoms in total. The van der Waals surface area contributed by atoms with E-state index in [4.69, 9.17) is 5.73 Å². The van der Waals surface area contributed by atoms with E-state index in [1.54, 1.807) is 13.3 Å². The van der Waals surface area contributed by atoms with Crippen LogP contribution in [0.25, 0.3) is 0 Å². The summed E-state index contributed by atoms with van der Waals surface area (Å²) in [6, 6.07) is 2.63.